The largest absolute Gasteiger partial charge is 0.468 e. The van der Waals surface area contributed by atoms with Crippen LogP contribution in [-0.2, 0) is 9.53 Å². The first-order valence-corrected chi connectivity index (χ1v) is 9.93. The number of benzene rings is 2. The van der Waals surface area contributed by atoms with Gasteiger partial charge in [-0.15, -0.1) is 11.8 Å². The van der Waals surface area contributed by atoms with E-state index in [1.165, 1.54) is 18.9 Å². The van der Waals surface area contributed by atoms with E-state index in [0.717, 1.165) is 32.4 Å². The number of methoxy groups -OCH3 is 1. The van der Waals surface area contributed by atoms with Crippen molar-refractivity contribution in [3.05, 3.63) is 66.6 Å². The number of nitriles is 1. The van der Waals surface area contributed by atoms with Gasteiger partial charge < -0.3 is 9.14 Å². The average molecular weight is 401 g/mol. The second kappa shape index (κ2) is 7.26. The molecular formula is C23H19N3O2S. The molecule has 2 heterocycles. The number of pyridine rings is 1. The van der Waals surface area contributed by atoms with Gasteiger partial charge in [0.15, 0.2) is 0 Å². The lowest BCUT2D eigenvalue weighted by atomic mass is 9.96. The van der Waals surface area contributed by atoms with E-state index in [-0.39, 0.29) is 5.97 Å². The minimum absolute atomic E-state index is 0.290. The number of imidazole rings is 1. The molecule has 0 bridgehead atoms. The molecule has 0 spiro atoms. The Morgan fingerprint density at radius 2 is 1.90 bits per heavy atom. The summed E-state index contributed by atoms with van der Waals surface area (Å²) in [6, 6.07) is 15.9. The lowest BCUT2D eigenvalue weighted by Gasteiger charge is -2.23. The highest BCUT2D eigenvalue weighted by Gasteiger charge is 2.32. The van der Waals surface area contributed by atoms with E-state index in [4.69, 9.17) is 4.74 Å². The second-order valence-electron chi connectivity index (χ2n) is 7.14. The minimum atomic E-state index is -0.767. The Labute approximate surface area is 172 Å². The van der Waals surface area contributed by atoms with Gasteiger partial charge in [-0.1, -0.05) is 30.3 Å². The van der Waals surface area contributed by atoms with Crippen molar-refractivity contribution in [3.8, 4) is 17.2 Å². The van der Waals surface area contributed by atoms with E-state index in [1.807, 2.05) is 73.1 Å². The maximum atomic E-state index is 12.3. The van der Waals surface area contributed by atoms with E-state index >= 15 is 0 Å². The maximum absolute atomic E-state index is 12.3. The highest BCUT2D eigenvalue weighted by atomic mass is 32.2. The van der Waals surface area contributed by atoms with Gasteiger partial charge in [0.25, 0.3) is 0 Å². The van der Waals surface area contributed by atoms with Crippen LogP contribution in [0.2, 0.25) is 0 Å². The Morgan fingerprint density at radius 1 is 1.14 bits per heavy atom. The van der Waals surface area contributed by atoms with Crippen LogP contribution >= 0.6 is 11.8 Å². The number of rotatable bonds is 4. The summed E-state index contributed by atoms with van der Waals surface area (Å²) in [5.74, 6) is -0.290. The highest BCUT2D eigenvalue weighted by Crippen LogP contribution is 2.43. The van der Waals surface area contributed by atoms with Crippen LogP contribution in [0.1, 0.15) is 19.4 Å². The van der Waals surface area contributed by atoms with E-state index in [1.54, 1.807) is 6.20 Å². The Bertz CT molecular complexity index is 1280. The van der Waals surface area contributed by atoms with Crippen LogP contribution in [0.15, 0.2) is 66.0 Å². The predicted molar refractivity (Wildman–Crippen MR) is 115 cm³/mol. The monoisotopic (exact) mass is 401 g/mol. The SMILES string of the molecule is COC(=O)C(C)(C)Sc1ccn2ccnc2c1-c1ccc(C#N)c2ccccc12. The molecule has 4 aromatic rings. The highest BCUT2D eigenvalue weighted by molar-refractivity contribution is 8.01. The van der Waals surface area contributed by atoms with E-state index in [0.29, 0.717) is 5.56 Å². The van der Waals surface area contributed by atoms with Gasteiger partial charge in [0, 0.05) is 34.4 Å². The van der Waals surface area contributed by atoms with Crippen molar-refractivity contribution in [3.63, 3.8) is 0 Å². The zero-order valence-electron chi connectivity index (χ0n) is 16.3. The van der Waals surface area contributed by atoms with Gasteiger partial charge >= 0.3 is 5.97 Å². The summed E-state index contributed by atoms with van der Waals surface area (Å²) in [7, 11) is 1.40. The summed E-state index contributed by atoms with van der Waals surface area (Å²) in [5, 5.41) is 11.4. The summed E-state index contributed by atoms with van der Waals surface area (Å²) in [4.78, 5) is 17.8. The van der Waals surface area contributed by atoms with Gasteiger partial charge in [-0.3, -0.25) is 4.79 Å². The molecule has 0 N–H and O–H groups in total. The number of aromatic nitrogens is 2. The first-order chi connectivity index (χ1) is 14.0. The molecule has 0 aliphatic heterocycles. The number of nitrogens with zero attached hydrogens (tertiary/aromatic N) is 3. The van der Waals surface area contributed by atoms with Crippen molar-refractivity contribution in [1.29, 1.82) is 5.26 Å². The topological polar surface area (TPSA) is 67.4 Å². The number of carbonyl (C=O) groups is 1. The van der Waals surface area contributed by atoms with E-state index in [2.05, 4.69) is 11.1 Å². The quantitative estimate of drug-likeness (QED) is 0.353. The van der Waals surface area contributed by atoms with Crippen LogP contribution in [0.4, 0.5) is 0 Å². The zero-order valence-corrected chi connectivity index (χ0v) is 17.2. The minimum Gasteiger partial charge on any atom is -0.468 e. The van der Waals surface area contributed by atoms with E-state index in [9.17, 15) is 10.1 Å². The number of fused-ring (bicyclic) bond motifs is 2. The molecule has 5 nitrogen and oxygen atoms in total. The zero-order chi connectivity index (χ0) is 20.6. The summed E-state index contributed by atoms with van der Waals surface area (Å²) < 4.78 is 6.18. The number of ether oxygens (including phenoxy) is 1. The number of thioether (sulfide) groups is 1. The summed E-state index contributed by atoms with van der Waals surface area (Å²) in [6.07, 6.45) is 5.59. The molecular weight excluding hydrogens is 382 g/mol. The molecule has 0 amide bonds. The third-order valence-electron chi connectivity index (χ3n) is 4.88. The van der Waals surface area contributed by atoms with Crippen molar-refractivity contribution in [2.75, 3.05) is 7.11 Å². The summed E-state index contributed by atoms with van der Waals surface area (Å²) >= 11 is 1.44. The fourth-order valence-electron chi connectivity index (χ4n) is 3.48. The van der Waals surface area contributed by atoms with Crippen LogP contribution in [0.3, 0.4) is 0 Å². The fourth-order valence-corrected chi connectivity index (χ4v) is 4.63. The first kappa shape index (κ1) is 19.0. The fraction of sp³-hybridized carbons (Fsp3) is 0.174. The Balaban J connectivity index is 2.02. The second-order valence-corrected chi connectivity index (χ2v) is 8.80. The van der Waals surface area contributed by atoms with Crippen LogP contribution < -0.4 is 0 Å². The van der Waals surface area contributed by atoms with Crippen LogP contribution in [0.5, 0.6) is 0 Å². The number of hydrogen-bond donors (Lipinski definition) is 0. The van der Waals surface area contributed by atoms with Crippen molar-refractivity contribution in [2.45, 2.75) is 23.5 Å². The third-order valence-corrected chi connectivity index (χ3v) is 6.12. The van der Waals surface area contributed by atoms with Gasteiger partial charge in [0.2, 0.25) is 0 Å². The smallest absolute Gasteiger partial charge is 0.321 e. The molecule has 4 rings (SSSR count). The van der Waals surface area contributed by atoms with Crippen LogP contribution in [0, 0.1) is 11.3 Å². The lowest BCUT2D eigenvalue weighted by molar-refractivity contribution is -0.142. The average Bonchev–Trinajstić information content (AvgIpc) is 3.21. The first-order valence-electron chi connectivity index (χ1n) is 9.11. The van der Waals surface area contributed by atoms with Gasteiger partial charge in [-0.05, 0) is 36.9 Å². The van der Waals surface area contributed by atoms with Gasteiger partial charge in [-0.25, -0.2) is 4.98 Å². The molecule has 0 aliphatic carbocycles. The molecule has 0 saturated heterocycles. The van der Waals surface area contributed by atoms with Crippen molar-refractivity contribution in [1.82, 2.24) is 9.38 Å². The number of carbonyl (C=O) groups excluding carboxylic acids is 1. The predicted octanol–water partition coefficient (Wildman–Crippen LogP) is 5.07. The Morgan fingerprint density at radius 3 is 2.62 bits per heavy atom. The Hall–Kier alpha value is -3.30. The molecule has 144 valence electrons. The van der Waals surface area contributed by atoms with Crippen molar-refractivity contribution >= 4 is 34.2 Å². The molecule has 6 heteroatoms. The normalized spacial score (nSPS) is 11.5. The molecule has 2 aromatic heterocycles. The molecule has 0 unspecified atom stereocenters. The molecule has 0 saturated carbocycles. The summed E-state index contributed by atoms with van der Waals surface area (Å²) in [5.41, 5.74) is 3.33. The lowest BCUT2D eigenvalue weighted by Crippen LogP contribution is -2.29. The molecule has 0 fully saturated rings. The molecule has 0 aliphatic rings. The maximum Gasteiger partial charge on any atom is 0.321 e. The van der Waals surface area contributed by atoms with Crippen LogP contribution in [-0.4, -0.2) is 27.2 Å². The molecule has 0 radical (unpaired) electrons. The molecule has 29 heavy (non-hydrogen) atoms. The molecule has 0 atom stereocenters. The number of esters is 1. The Kier molecular flexibility index (Phi) is 4.77. The van der Waals surface area contributed by atoms with Gasteiger partial charge in [-0.2, -0.15) is 5.26 Å². The van der Waals surface area contributed by atoms with Gasteiger partial charge in [0.1, 0.15) is 10.4 Å². The van der Waals surface area contributed by atoms with Crippen LogP contribution in [0.25, 0.3) is 27.5 Å². The van der Waals surface area contributed by atoms with Crippen molar-refractivity contribution in [2.24, 2.45) is 0 Å². The number of hydrogen-bond acceptors (Lipinski definition) is 5. The molecule has 2 aromatic carbocycles. The van der Waals surface area contributed by atoms with Crippen molar-refractivity contribution < 1.29 is 9.53 Å². The standard InChI is InChI=1S/C23H19N3O2S/c1-23(2,22(27)28-3)29-19-10-12-26-13-11-25-21(26)20(19)18-9-8-15(14-24)16-6-4-5-7-17(16)18/h4-13H,1-3H3. The van der Waals surface area contributed by atoms with E-state index < -0.39 is 4.75 Å². The van der Waals surface area contributed by atoms with Gasteiger partial charge in [0.05, 0.1) is 18.7 Å². The summed E-state index contributed by atoms with van der Waals surface area (Å²) in [6.45, 7) is 3.69. The third kappa shape index (κ3) is 3.24.